The maximum absolute atomic E-state index is 14.1. The van der Waals surface area contributed by atoms with Gasteiger partial charge in [-0.25, -0.2) is 0 Å². The Kier molecular flexibility index (Phi) is 9.79. The van der Waals surface area contributed by atoms with Gasteiger partial charge in [0.1, 0.15) is 6.04 Å². The number of nitrogens with zero attached hydrogens (tertiary/aromatic N) is 2. The summed E-state index contributed by atoms with van der Waals surface area (Å²) in [5, 5.41) is 3.05. The first-order chi connectivity index (χ1) is 23.5. The highest BCUT2D eigenvalue weighted by Crippen LogP contribution is 2.48. The number of para-hydroxylation sites is 1. The molecule has 4 aromatic carbocycles. The van der Waals surface area contributed by atoms with E-state index in [1.54, 1.807) is 59.1 Å². The Balaban J connectivity index is 1.36. The third kappa shape index (κ3) is 7.06. The van der Waals surface area contributed by atoms with Crippen LogP contribution in [-0.4, -0.2) is 40.4 Å². The number of rotatable bonds is 10. The van der Waals surface area contributed by atoms with E-state index in [0.29, 0.717) is 22.3 Å². The lowest BCUT2D eigenvalue weighted by atomic mass is 9.82. The van der Waals surface area contributed by atoms with Crippen molar-refractivity contribution in [3.8, 4) is 0 Å². The highest BCUT2D eigenvalue weighted by atomic mass is 32.2. The van der Waals surface area contributed by atoms with Gasteiger partial charge in [0, 0.05) is 57.6 Å². The Morgan fingerprint density at radius 3 is 2.12 bits per heavy atom. The van der Waals surface area contributed by atoms with Crippen molar-refractivity contribution < 1.29 is 19.2 Å². The summed E-state index contributed by atoms with van der Waals surface area (Å²) in [7, 11) is 0. The molecule has 252 valence electrons. The Morgan fingerprint density at radius 1 is 0.776 bits per heavy atom. The van der Waals surface area contributed by atoms with E-state index in [2.05, 4.69) is 53.5 Å². The first kappa shape index (κ1) is 34.2. The van der Waals surface area contributed by atoms with Gasteiger partial charge in [-0.3, -0.25) is 19.2 Å². The summed E-state index contributed by atoms with van der Waals surface area (Å²) in [6.45, 7) is 10.4. The standard InChI is InChI=1S/C41H43N3O4S/c1-6-7-8-13-22-43-33-16-11-12-17-35(33)49-36-23-27(18-21-34(36)43)25-44(26(2)45)37(40(48)42-41(3,4)5)28-19-20-31-32(24-28)39(47)30-15-10-9-14-29(30)38(31)46/h9-12,14-21,23-24,37H,6-8,13,22,25H2,1-5H3,(H,42,48). The van der Waals surface area contributed by atoms with E-state index < -0.39 is 11.6 Å². The molecule has 1 aliphatic carbocycles. The van der Waals surface area contributed by atoms with Crippen LogP contribution in [0.2, 0.25) is 0 Å². The van der Waals surface area contributed by atoms with Crippen LogP contribution in [0, 0.1) is 0 Å². The fourth-order valence-corrected chi connectivity index (χ4v) is 7.85. The number of benzene rings is 4. The number of fused-ring (bicyclic) bond motifs is 4. The predicted octanol–water partition coefficient (Wildman–Crippen LogP) is 8.65. The van der Waals surface area contributed by atoms with E-state index in [4.69, 9.17) is 0 Å². The molecule has 4 aromatic rings. The maximum atomic E-state index is 14.1. The van der Waals surface area contributed by atoms with Crippen LogP contribution < -0.4 is 10.2 Å². The van der Waals surface area contributed by atoms with E-state index in [1.807, 2.05) is 26.8 Å². The van der Waals surface area contributed by atoms with E-state index >= 15 is 0 Å². The summed E-state index contributed by atoms with van der Waals surface area (Å²) in [6.07, 6.45) is 4.66. The van der Waals surface area contributed by atoms with Gasteiger partial charge >= 0.3 is 0 Å². The third-order valence-electron chi connectivity index (χ3n) is 9.01. The van der Waals surface area contributed by atoms with Crippen molar-refractivity contribution in [2.45, 2.75) is 88.2 Å². The van der Waals surface area contributed by atoms with E-state index in [0.717, 1.165) is 29.1 Å². The smallest absolute Gasteiger partial charge is 0.247 e. The van der Waals surface area contributed by atoms with Gasteiger partial charge in [0.25, 0.3) is 0 Å². The molecule has 0 saturated carbocycles. The minimum absolute atomic E-state index is 0.177. The van der Waals surface area contributed by atoms with Gasteiger partial charge in [-0.15, -0.1) is 0 Å². The second kappa shape index (κ2) is 14.0. The van der Waals surface area contributed by atoms with Crippen molar-refractivity contribution in [2.24, 2.45) is 0 Å². The van der Waals surface area contributed by atoms with Gasteiger partial charge in [0.2, 0.25) is 11.8 Å². The van der Waals surface area contributed by atoms with Crippen LogP contribution in [0.3, 0.4) is 0 Å². The molecule has 2 aliphatic rings. The highest BCUT2D eigenvalue weighted by Gasteiger charge is 2.36. The van der Waals surface area contributed by atoms with Gasteiger partial charge in [-0.2, -0.15) is 0 Å². The fraction of sp³-hybridized carbons (Fsp3) is 0.317. The van der Waals surface area contributed by atoms with Crippen LogP contribution in [-0.2, 0) is 16.1 Å². The van der Waals surface area contributed by atoms with Gasteiger partial charge in [-0.05, 0) is 74.7 Å². The fourth-order valence-electron chi connectivity index (χ4n) is 6.69. The maximum Gasteiger partial charge on any atom is 0.247 e. The lowest BCUT2D eigenvalue weighted by molar-refractivity contribution is -0.140. The largest absolute Gasteiger partial charge is 0.349 e. The van der Waals surface area contributed by atoms with Crippen molar-refractivity contribution in [1.82, 2.24) is 10.2 Å². The Labute approximate surface area is 293 Å². The Morgan fingerprint density at radius 2 is 1.43 bits per heavy atom. The summed E-state index contributed by atoms with van der Waals surface area (Å²) < 4.78 is 0. The molecule has 49 heavy (non-hydrogen) atoms. The van der Waals surface area contributed by atoms with Gasteiger partial charge in [0.05, 0.1) is 11.4 Å². The van der Waals surface area contributed by atoms with Gasteiger partial charge in [0.15, 0.2) is 11.6 Å². The zero-order chi connectivity index (χ0) is 34.9. The van der Waals surface area contributed by atoms with Crippen molar-refractivity contribution in [3.05, 3.63) is 118 Å². The van der Waals surface area contributed by atoms with Crippen molar-refractivity contribution in [2.75, 3.05) is 11.4 Å². The number of unbranched alkanes of at least 4 members (excludes halogenated alkanes) is 3. The molecule has 2 amide bonds. The van der Waals surface area contributed by atoms with E-state index in [1.165, 1.54) is 36.8 Å². The Bertz CT molecular complexity index is 1950. The minimum Gasteiger partial charge on any atom is -0.349 e. The number of nitrogens with one attached hydrogen (secondary N) is 1. The third-order valence-corrected chi connectivity index (χ3v) is 10.1. The minimum atomic E-state index is -1.04. The summed E-state index contributed by atoms with van der Waals surface area (Å²) >= 11 is 1.72. The summed E-state index contributed by atoms with van der Waals surface area (Å²) in [4.78, 5) is 60.8. The van der Waals surface area contributed by atoms with Gasteiger partial charge < -0.3 is 15.1 Å². The molecule has 1 aliphatic heterocycles. The predicted molar refractivity (Wildman–Crippen MR) is 195 cm³/mol. The molecule has 0 fully saturated rings. The number of carbonyl (C=O) groups excluding carboxylic acids is 4. The summed E-state index contributed by atoms with van der Waals surface area (Å²) in [6, 6.07) is 25.4. The molecule has 0 bridgehead atoms. The van der Waals surface area contributed by atoms with Crippen LogP contribution >= 0.6 is 11.8 Å². The SMILES string of the molecule is CCCCCCN1c2ccccc2Sc2cc(CN(C(C)=O)C(C(=O)NC(C)(C)C)c3ccc4c(c3)C(=O)c3ccccc3C4=O)ccc21. The molecule has 0 spiro atoms. The number of ketones is 2. The van der Waals surface area contributed by atoms with Crippen LogP contribution in [0.4, 0.5) is 11.4 Å². The number of carbonyl (C=O) groups is 4. The average Bonchev–Trinajstić information content (AvgIpc) is 3.07. The monoisotopic (exact) mass is 673 g/mol. The molecule has 0 saturated heterocycles. The second-order valence-corrected chi connectivity index (χ2v) is 15.0. The topological polar surface area (TPSA) is 86.8 Å². The van der Waals surface area contributed by atoms with Crippen LogP contribution in [0.15, 0.2) is 94.7 Å². The number of hydrogen-bond donors (Lipinski definition) is 1. The molecular formula is C41H43N3O4S. The van der Waals surface area contributed by atoms with Crippen molar-refractivity contribution >= 4 is 46.5 Å². The highest BCUT2D eigenvalue weighted by molar-refractivity contribution is 7.99. The zero-order valence-corrected chi connectivity index (χ0v) is 29.7. The molecule has 8 heteroatoms. The van der Waals surface area contributed by atoms with E-state index in [-0.39, 0.29) is 35.5 Å². The second-order valence-electron chi connectivity index (χ2n) is 13.9. The molecular weight excluding hydrogens is 631 g/mol. The van der Waals surface area contributed by atoms with E-state index in [9.17, 15) is 19.2 Å². The number of amides is 2. The van der Waals surface area contributed by atoms with Crippen LogP contribution in [0.1, 0.15) is 109 Å². The lowest BCUT2D eigenvalue weighted by Crippen LogP contribution is -2.48. The molecule has 1 atom stereocenters. The normalized spacial score (nSPS) is 13.9. The molecule has 1 N–H and O–H groups in total. The van der Waals surface area contributed by atoms with Gasteiger partial charge in [-0.1, -0.05) is 86.5 Å². The molecule has 0 aromatic heterocycles. The van der Waals surface area contributed by atoms with Crippen LogP contribution in [0.25, 0.3) is 0 Å². The number of hydrogen-bond acceptors (Lipinski definition) is 6. The first-order valence-corrected chi connectivity index (χ1v) is 17.9. The van der Waals surface area contributed by atoms with Crippen molar-refractivity contribution in [1.29, 1.82) is 0 Å². The summed E-state index contributed by atoms with van der Waals surface area (Å²) in [5.74, 6) is -1.16. The average molecular weight is 674 g/mol. The Hall–Kier alpha value is -4.69. The summed E-state index contributed by atoms with van der Waals surface area (Å²) in [5.41, 5.74) is 4.36. The molecule has 7 nitrogen and oxygen atoms in total. The number of anilines is 2. The zero-order valence-electron chi connectivity index (χ0n) is 28.8. The van der Waals surface area contributed by atoms with Crippen molar-refractivity contribution in [3.63, 3.8) is 0 Å². The molecule has 0 radical (unpaired) electrons. The lowest BCUT2D eigenvalue weighted by Gasteiger charge is -2.35. The quantitative estimate of drug-likeness (QED) is 0.149. The molecule has 1 unspecified atom stereocenters. The first-order valence-electron chi connectivity index (χ1n) is 17.1. The molecule has 6 rings (SSSR count). The van der Waals surface area contributed by atoms with Crippen LogP contribution in [0.5, 0.6) is 0 Å². The molecule has 1 heterocycles.